The summed E-state index contributed by atoms with van der Waals surface area (Å²) in [5.74, 6) is 0.792. The SMILES string of the molecule is C=CCC1(CC)O[C@@H](n2ccc(-n3cncn3)nc2=O)C[C@@H]1C. The van der Waals surface area contributed by atoms with Gasteiger partial charge in [0.1, 0.15) is 18.9 Å². The molecule has 7 heteroatoms. The minimum absolute atomic E-state index is 0.254. The van der Waals surface area contributed by atoms with Crippen LogP contribution >= 0.6 is 0 Å². The van der Waals surface area contributed by atoms with Crippen LogP contribution in [0.4, 0.5) is 0 Å². The van der Waals surface area contributed by atoms with Crippen LogP contribution in [0, 0.1) is 5.92 Å². The van der Waals surface area contributed by atoms with Crippen LogP contribution in [0.5, 0.6) is 0 Å². The summed E-state index contributed by atoms with van der Waals surface area (Å²) in [4.78, 5) is 20.3. The minimum Gasteiger partial charge on any atom is -0.351 e. The molecule has 0 aliphatic carbocycles. The summed E-state index contributed by atoms with van der Waals surface area (Å²) in [5, 5.41) is 3.98. The molecule has 0 aromatic carbocycles. The van der Waals surface area contributed by atoms with E-state index in [1.807, 2.05) is 6.08 Å². The lowest BCUT2D eigenvalue weighted by atomic mass is 9.83. The van der Waals surface area contributed by atoms with Gasteiger partial charge in [0.15, 0.2) is 5.82 Å². The van der Waals surface area contributed by atoms with Gasteiger partial charge in [-0.25, -0.2) is 14.5 Å². The quantitative estimate of drug-likeness (QED) is 0.790. The Labute approximate surface area is 134 Å². The van der Waals surface area contributed by atoms with Crippen LogP contribution in [0.15, 0.2) is 42.4 Å². The molecule has 3 heterocycles. The van der Waals surface area contributed by atoms with Gasteiger partial charge >= 0.3 is 5.69 Å². The van der Waals surface area contributed by atoms with Crippen LogP contribution < -0.4 is 5.69 Å². The molecular formula is C16H21N5O2. The van der Waals surface area contributed by atoms with Crippen molar-refractivity contribution < 1.29 is 4.74 Å². The van der Waals surface area contributed by atoms with Gasteiger partial charge in [0.2, 0.25) is 0 Å². The summed E-state index contributed by atoms with van der Waals surface area (Å²) >= 11 is 0. The number of hydrogen-bond acceptors (Lipinski definition) is 5. The van der Waals surface area contributed by atoms with Crippen molar-refractivity contribution in [3.05, 3.63) is 48.1 Å². The first-order valence-electron chi connectivity index (χ1n) is 7.82. The Morgan fingerprint density at radius 2 is 2.39 bits per heavy atom. The van der Waals surface area contributed by atoms with E-state index in [1.165, 1.54) is 17.3 Å². The third kappa shape index (κ3) is 2.72. The summed E-state index contributed by atoms with van der Waals surface area (Å²) in [5.41, 5.74) is -0.600. The largest absolute Gasteiger partial charge is 0.351 e. The molecule has 23 heavy (non-hydrogen) atoms. The highest BCUT2D eigenvalue weighted by Crippen LogP contribution is 2.45. The number of ether oxygens (including phenoxy) is 1. The fourth-order valence-electron chi connectivity index (χ4n) is 3.27. The van der Waals surface area contributed by atoms with Gasteiger partial charge in [-0.05, 0) is 31.2 Å². The van der Waals surface area contributed by atoms with Crippen molar-refractivity contribution in [2.45, 2.75) is 44.9 Å². The van der Waals surface area contributed by atoms with E-state index < -0.39 is 0 Å². The molecule has 1 fully saturated rings. The van der Waals surface area contributed by atoms with Crippen LogP contribution in [0.25, 0.3) is 5.82 Å². The zero-order valence-corrected chi connectivity index (χ0v) is 13.4. The van der Waals surface area contributed by atoms with Crippen molar-refractivity contribution in [1.29, 1.82) is 0 Å². The fourth-order valence-corrected chi connectivity index (χ4v) is 3.27. The van der Waals surface area contributed by atoms with Gasteiger partial charge in [0.05, 0.1) is 5.60 Å². The third-order valence-electron chi connectivity index (χ3n) is 4.69. The van der Waals surface area contributed by atoms with E-state index in [0.717, 1.165) is 19.3 Å². The van der Waals surface area contributed by atoms with Gasteiger partial charge in [0, 0.05) is 6.20 Å². The molecule has 0 bridgehead atoms. The molecular weight excluding hydrogens is 294 g/mol. The minimum atomic E-state index is -0.347. The molecule has 2 aromatic heterocycles. The maximum atomic E-state index is 12.4. The monoisotopic (exact) mass is 315 g/mol. The van der Waals surface area contributed by atoms with Gasteiger partial charge in [0.25, 0.3) is 0 Å². The van der Waals surface area contributed by atoms with E-state index in [4.69, 9.17) is 4.74 Å². The molecule has 0 amide bonds. The first-order chi connectivity index (χ1) is 11.1. The standard InChI is InChI=1S/C16H21N5O2/c1-4-7-16(5-2)12(3)9-14(23-16)20-8-6-13(19-15(20)22)21-11-17-10-18-21/h4,6,8,10-12,14H,1,5,7,9H2,2-3H3/t12-,14+,16?/m0/s1. The van der Waals surface area contributed by atoms with E-state index in [0.29, 0.717) is 11.7 Å². The average Bonchev–Trinajstić information content (AvgIpc) is 3.17. The van der Waals surface area contributed by atoms with Crippen LogP contribution in [0.1, 0.15) is 39.3 Å². The molecule has 1 aliphatic rings. The van der Waals surface area contributed by atoms with E-state index in [2.05, 4.69) is 35.5 Å². The zero-order chi connectivity index (χ0) is 16.4. The van der Waals surface area contributed by atoms with Crippen molar-refractivity contribution in [1.82, 2.24) is 24.3 Å². The number of nitrogens with zero attached hydrogens (tertiary/aromatic N) is 5. The third-order valence-corrected chi connectivity index (χ3v) is 4.69. The molecule has 0 N–H and O–H groups in total. The van der Waals surface area contributed by atoms with Gasteiger partial charge < -0.3 is 4.74 Å². The molecule has 1 unspecified atom stereocenters. The van der Waals surface area contributed by atoms with Gasteiger partial charge in [-0.1, -0.05) is 19.9 Å². The molecule has 7 nitrogen and oxygen atoms in total. The molecule has 1 aliphatic heterocycles. The topological polar surface area (TPSA) is 74.8 Å². The predicted molar refractivity (Wildman–Crippen MR) is 85.2 cm³/mol. The van der Waals surface area contributed by atoms with Crippen molar-refractivity contribution in [3.63, 3.8) is 0 Å². The zero-order valence-electron chi connectivity index (χ0n) is 13.4. The molecule has 0 radical (unpaired) electrons. The van der Waals surface area contributed by atoms with Crippen LogP contribution in [-0.2, 0) is 4.74 Å². The van der Waals surface area contributed by atoms with Gasteiger partial charge in [-0.15, -0.1) is 6.58 Å². The lowest BCUT2D eigenvalue weighted by Gasteiger charge is -2.31. The van der Waals surface area contributed by atoms with Crippen molar-refractivity contribution in [2.75, 3.05) is 0 Å². The van der Waals surface area contributed by atoms with Gasteiger partial charge in [-0.3, -0.25) is 4.57 Å². The second-order valence-electron chi connectivity index (χ2n) is 5.94. The summed E-state index contributed by atoms with van der Waals surface area (Å²) in [6, 6.07) is 1.74. The normalized spacial score (nSPS) is 27.2. The Kier molecular flexibility index (Phi) is 4.12. The summed E-state index contributed by atoms with van der Waals surface area (Å²) in [7, 11) is 0. The van der Waals surface area contributed by atoms with E-state index in [-0.39, 0.29) is 17.5 Å². The first kappa shape index (κ1) is 15.6. The molecule has 0 spiro atoms. The Bertz CT molecular complexity index is 739. The van der Waals surface area contributed by atoms with Gasteiger partial charge in [-0.2, -0.15) is 10.1 Å². The molecule has 3 rings (SSSR count). The van der Waals surface area contributed by atoms with Crippen LogP contribution in [0.3, 0.4) is 0 Å². The number of aromatic nitrogens is 5. The van der Waals surface area contributed by atoms with E-state index in [1.54, 1.807) is 16.8 Å². The molecule has 122 valence electrons. The molecule has 3 atom stereocenters. The van der Waals surface area contributed by atoms with Crippen molar-refractivity contribution >= 4 is 0 Å². The predicted octanol–water partition coefficient (Wildman–Crippen LogP) is 2.10. The molecule has 1 saturated heterocycles. The molecule has 2 aromatic rings. The number of rotatable bonds is 5. The molecule has 0 saturated carbocycles. The number of hydrogen-bond donors (Lipinski definition) is 0. The van der Waals surface area contributed by atoms with E-state index in [9.17, 15) is 4.79 Å². The maximum Gasteiger partial charge on any atom is 0.351 e. The lowest BCUT2D eigenvalue weighted by molar-refractivity contribution is -0.0849. The Morgan fingerprint density at radius 3 is 3.00 bits per heavy atom. The van der Waals surface area contributed by atoms with Crippen molar-refractivity contribution in [3.8, 4) is 5.82 Å². The van der Waals surface area contributed by atoms with Crippen LogP contribution in [-0.4, -0.2) is 29.9 Å². The second kappa shape index (κ2) is 6.08. The fraction of sp³-hybridized carbons (Fsp3) is 0.500. The van der Waals surface area contributed by atoms with Crippen molar-refractivity contribution in [2.24, 2.45) is 5.92 Å². The average molecular weight is 315 g/mol. The Hall–Kier alpha value is -2.28. The first-order valence-corrected chi connectivity index (χ1v) is 7.82. The Balaban J connectivity index is 1.88. The highest BCUT2D eigenvalue weighted by atomic mass is 16.5. The summed E-state index contributed by atoms with van der Waals surface area (Å²) in [6.45, 7) is 8.10. The smallest absolute Gasteiger partial charge is 0.351 e. The van der Waals surface area contributed by atoms with Crippen LogP contribution in [0.2, 0.25) is 0 Å². The van der Waals surface area contributed by atoms with E-state index >= 15 is 0 Å². The summed E-state index contributed by atoms with van der Waals surface area (Å²) < 4.78 is 9.27. The lowest BCUT2D eigenvalue weighted by Crippen LogP contribution is -2.34. The second-order valence-corrected chi connectivity index (χ2v) is 5.94. The maximum absolute atomic E-state index is 12.4. The highest BCUT2D eigenvalue weighted by Gasteiger charge is 2.44. The summed E-state index contributed by atoms with van der Waals surface area (Å²) in [6.07, 6.45) is 8.66. The Morgan fingerprint density at radius 1 is 1.57 bits per heavy atom. The highest BCUT2D eigenvalue weighted by molar-refractivity contribution is 5.16.